The summed E-state index contributed by atoms with van der Waals surface area (Å²) in [5, 5.41) is 269. The van der Waals surface area contributed by atoms with E-state index in [0.29, 0.717) is 0 Å². The van der Waals surface area contributed by atoms with Gasteiger partial charge in [0, 0.05) is 6.42 Å². The molecular formula is C60H98O48. The molecule has 12 saturated heterocycles. The van der Waals surface area contributed by atoms with Crippen molar-refractivity contribution in [3.05, 3.63) is 0 Å². The van der Waals surface area contributed by atoms with Crippen LogP contribution < -0.4 is 0 Å². The lowest BCUT2D eigenvalue weighted by Crippen LogP contribution is -2.64. The third-order valence-corrected chi connectivity index (χ3v) is 20.6. The molecule has 48 nitrogen and oxygen atoms in total. The van der Waals surface area contributed by atoms with Crippen LogP contribution in [0.1, 0.15) is 6.42 Å². The van der Waals surface area contributed by atoms with E-state index in [1.807, 2.05) is 0 Å². The lowest BCUT2D eigenvalue weighted by Gasteiger charge is -2.46. The molecule has 0 spiro atoms. The Balaban J connectivity index is 0.536. The van der Waals surface area contributed by atoms with Crippen molar-refractivity contribution >= 4 is 0 Å². The molecular weight excluding hydrogens is 1490 g/mol. The summed E-state index contributed by atoms with van der Waals surface area (Å²) in [4.78, 5) is 0. The van der Waals surface area contributed by atoms with Gasteiger partial charge in [-0.05, 0) is 0 Å². The Hall–Kier alpha value is -1.92. The second-order valence-electron chi connectivity index (χ2n) is 28.0. The van der Waals surface area contributed by atoms with Gasteiger partial charge in [-0.15, -0.1) is 0 Å². The summed E-state index contributed by atoms with van der Waals surface area (Å²) in [6.45, 7) is -6.39. The minimum Gasteiger partial charge on any atom is -0.394 e. The van der Waals surface area contributed by atoms with Gasteiger partial charge < -0.3 is 237 Å². The van der Waals surface area contributed by atoms with E-state index in [-0.39, 0.29) is 6.42 Å². The van der Waals surface area contributed by atoms with Crippen LogP contribution in [0.15, 0.2) is 0 Å². The van der Waals surface area contributed by atoms with Gasteiger partial charge in [-0.3, -0.25) is 0 Å². The molecule has 0 saturated carbocycles. The van der Waals surface area contributed by atoms with Crippen molar-refractivity contribution in [1.82, 2.24) is 0 Å². The zero-order chi connectivity index (χ0) is 77.6. The van der Waals surface area contributed by atoms with Gasteiger partial charge in [-0.1, -0.05) is 0 Å². The van der Waals surface area contributed by atoms with E-state index in [0.717, 1.165) is 0 Å². The average Bonchev–Trinajstić information content (AvgIpc) is 1.01. The summed E-state index contributed by atoms with van der Waals surface area (Å²) >= 11 is 0. The van der Waals surface area contributed by atoms with Gasteiger partial charge in [0.15, 0.2) is 75.5 Å². The van der Waals surface area contributed by atoms with Gasteiger partial charge in [0.05, 0.1) is 85.4 Å². The predicted molar refractivity (Wildman–Crippen MR) is 321 cm³/mol. The maximum atomic E-state index is 11.5. The van der Waals surface area contributed by atoms with Crippen LogP contribution in [0.4, 0.5) is 0 Å². The fraction of sp³-hybridized carbons (Fsp3) is 1.00. The minimum absolute atomic E-state index is 0.164. The number of rotatable bonds is 23. The smallest absolute Gasteiger partial charge is 0.186 e. The monoisotopic (exact) mass is 1590 g/mol. The van der Waals surface area contributed by atoms with Crippen molar-refractivity contribution in [2.24, 2.45) is 0 Å². The second-order valence-corrected chi connectivity index (χ2v) is 28.0. The molecule has 0 aromatic heterocycles. The lowest BCUT2D eigenvalue weighted by atomic mass is 10.0. The molecule has 12 heterocycles. The van der Waals surface area contributed by atoms with Crippen LogP contribution in [0.3, 0.4) is 0 Å². The molecule has 0 aliphatic carbocycles. The van der Waals surface area contributed by atoms with Gasteiger partial charge in [0.1, 0.15) is 208 Å². The van der Waals surface area contributed by atoms with Crippen LogP contribution in [-0.2, 0) is 109 Å². The van der Waals surface area contributed by atoms with Crippen molar-refractivity contribution in [3.8, 4) is 0 Å². The topological polar surface area (TPSA) is 718 Å². The highest BCUT2D eigenvalue weighted by molar-refractivity contribution is 4.98. The SMILES string of the molecule is OC[C@@H]1O[C@@H](O[C@@H]2C(O)[C@H](O[C@@H]3CO[C@H](O[C@@H]4CO[C@H](O[C@@H]5CO[C@H](O[C@@H]6CO[C@H](O[C@@H]7CO[C@H](O[C@@H]8CO[C@H](O[C@@H]9CO[C@H](O[C@@H]%10CO[C@@H](O[C@@H]%11CO[C@@H](O)C(O)[C@H]%11O)C(O)[C@H]%10O)C(O)[C@H]9O)C(O)[C@H]8O)C(O)[C@H]7O)C(O)[C@H]6O)C(O)[C@H]5O)C(O)[C@H]4O)C(O)[C@H]3O)OC[C@H]2O[C@@H]2OC[C@@H](O)[C@H](O)C2O)C[C@@H]1O. The van der Waals surface area contributed by atoms with Crippen LogP contribution in [0.5, 0.6) is 0 Å². The Bertz CT molecular complexity index is 2750. The highest BCUT2D eigenvalue weighted by Gasteiger charge is 2.57. The Kier molecular flexibility index (Phi) is 29.4. The molecule has 626 valence electrons. The van der Waals surface area contributed by atoms with Gasteiger partial charge >= 0.3 is 0 Å². The van der Waals surface area contributed by atoms with Crippen molar-refractivity contribution in [2.45, 2.75) is 296 Å². The fourth-order valence-electron chi connectivity index (χ4n) is 13.9. The molecule has 108 heavy (non-hydrogen) atoms. The van der Waals surface area contributed by atoms with Gasteiger partial charge in [0.25, 0.3) is 0 Å². The fourth-order valence-corrected chi connectivity index (χ4v) is 13.9. The van der Waals surface area contributed by atoms with E-state index >= 15 is 0 Å². The first kappa shape index (κ1) is 85.4. The molecule has 12 fully saturated rings. The first-order chi connectivity index (χ1) is 51.4. The van der Waals surface area contributed by atoms with Gasteiger partial charge in [-0.25, -0.2) is 0 Å². The molecule has 12 rings (SSSR count). The summed E-state index contributed by atoms with van der Waals surface area (Å²) in [5.41, 5.74) is 0. The summed E-state index contributed by atoms with van der Waals surface area (Å²) in [7, 11) is 0. The molecule has 0 aromatic rings. The largest absolute Gasteiger partial charge is 0.394 e. The number of aliphatic hydroxyl groups excluding tert-OH is 25. The zero-order valence-corrected chi connectivity index (χ0v) is 56.9. The molecule has 47 atom stereocenters. The maximum absolute atomic E-state index is 11.5. The van der Waals surface area contributed by atoms with Crippen molar-refractivity contribution in [1.29, 1.82) is 0 Å². The maximum Gasteiger partial charge on any atom is 0.186 e. The molecule has 12 aliphatic heterocycles. The first-order valence-corrected chi connectivity index (χ1v) is 35.0. The van der Waals surface area contributed by atoms with Crippen LogP contribution in [0.2, 0.25) is 0 Å². The zero-order valence-electron chi connectivity index (χ0n) is 56.9. The van der Waals surface area contributed by atoms with Gasteiger partial charge in [-0.2, -0.15) is 0 Å². The average molecular weight is 1590 g/mol. The summed E-state index contributed by atoms with van der Waals surface area (Å²) in [5.74, 6) is 0. The number of hydrogen-bond donors (Lipinski definition) is 25. The van der Waals surface area contributed by atoms with Crippen molar-refractivity contribution < 1.29 is 237 Å². The lowest BCUT2D eigenvalue weighted by molar-refractivity contribution is -0.372. The quantitative estimate of drug-likeness (QED) is 0.0452. The van der Waals surface area contributed by atoms with Crippen molar-refractivity contribution in [2.75, 3.05) is 79.3 Å². The van der Waals surface area contributed by atoms with Crippen LogP contribution >= 0.6 is 0 Å². The van der Waals surface area contributed by atoms with Crippen LogP contribution in [0.25, 0.3) is 0 Å². The molecule has 0 aromatic carbocycles. The molecule has 48 heteroatoms. The molecule has 0 radical (unpaired) electrons. The first-order valence-electron chi connectivity index (χ1n) is 35.0. The van der Waals surface area contributed by atoms with Crippen LogP contribution in [0, 0.1) is 0 Å². The van der Waals surface area contributed by atoms with E-state index in [4.69, 9.17) is 109 Å². The number of aliphatic hydroxyl groups is 25. The Morgan fingerprint density at radius 3 is 0.676 bits per heavy atom. The Labute approximate surface area is 610 Å². The number of hydrogen-bond acceptors (Lipinski definition) is 48. The third kappa shape index (κ3) is 18.7. The third-order valence-electron chi connectivity index (χ3n) is 20.6. The van der Waals surface area contributed by atoms with Gasteiger partial charge in [0.2, 0.25) is 0 Å². The summed E-state index contributed by atoms with van der Waals surface area (Å²) < 4.78 is 129. The predicted octanol–water partition coefficient (Wildman–Crippen LogP) is -18.5. The highest BCUT2D eigenvalue weighted by atomic mass is 16.8. The normalized spacial score (nSPS) is 54.4. The second kappa shape index (κ2) is 37.1. The van der Waals surface area contributed by atoms with E-state index in [2.05, 4.69) is 0 Å². The highest BCUT2D eigenvalue weighted by Crippen LogP contribution is 2.37. The number of ether oxygens (including phenoxy) is 23. The molecule has 12 aliphatic rings. The summed E-state index contributed by atoms with van der Waals surface area (Å²) in [6, 6.07) is 0. The van der Waals surface area contributed by atoms with E-state index in [9.17, 15) is 128 Å². The van der Waals surface area contributed by atoms with E-state index < -0.39 is 368 Å². The van der Waals surface area contributed by atoms with Crippen molar-refractivity contribution in [3.63, 3.8) is 0 Å². The standard InChI is InChI=1S/C60H98O48/c61-2-16-14(62)1-27(97-16)108-49-26(107-51-39(75)28(64)15(63)3-87-51)13-96-60(48(49)84)106-25-12-95-59(47(83)37(25)73)105-24-11-94-58(46(82)36(24)72)104-23-10-93-57(45(81)35(23)71)103-22-9-92-56(44(80)34(22)70)102-21-8-91-55(43(79)33(21)69)101-20-7-90-54(42(78)32(20)68)100-19-6-89-53(41(77)31(19)67)99-18-5-88-52(40(76)30(18)66)98-17-4-86-50(85)38(74)29(17)65/h14-85H,1-13H2/t14-,15+,16-,17+,18+,19+,20+,21+,22+,23+,24+,25+,26+,27-,28-,29-,30-,31-,32-,33-,34-,35-,36-,37-,38?,39?,40?,41?,42?,43?,44?,45?,46?,47?,48?,49-,50+,51-,52-,53+,54+,55+,56+,57+,58+,59+,60-/m0/s1. The van der Waals surface area contributed by atoms with Crippen LogP contribution in [-0.4, -0.2) is 496 Å². The molecule has 11 unspecified atom stereocenters. The molecule has 0 bridgehead atoms. The van der Waals surface area contributed by atoms with E-state index in [1.54, 1.807) is 0 Å². The summed E-state index contributed by atoms with van der Waals surface area (Å²) in [6.07, 6.45) is -78.3. The minimum atomic E-state index is -1.97. The van der Waals surface area contributed by atoms with E-state index in [1.165, 1.54) is 0 Å². The molecule has 0 amide bonds. The molecule has 25 N–H and O–H groups in total. The Morgan fingerprint density at radius 1 is 0.204 bits per heavy atom. The Morgan fingerprint density at radius 2 is 0.417 bits per heavy atom.